The van der Waals surface area contributed by atoms with E-state index in [4.69, 9.17) is 4.74 Å². The lowest BCUT2D eigenvalue weighted by molar-refractivity contribution is -0.00897. The molecular weight excluding hydrogens is 174 g/mol. The van der Waals surface area contributed by atoms with E-state index in [2.05, 4.69) is 12.2 Å². The molecule has 0 radical (unpaired) electrons. The molecule has 0 aromatic heterocycles. The van der Waals surface area contributed by atoms with Crippen LogP contribution >= 0.6 is 0 Å². The number of hydrogen-bond donors (Lipinski definition) is 1. The lowest BCUT2D eigenvalue weighted by Gasteiger charge is -2.21. The molecule has 2 aliphatic carbocycles. The van der Waals surface area contributed by atoms with Crippen LogP contribution < -0.4 is 5.32 Å². The molecule has 1 N–H and O–H groups in total. The highest BCUT2D eigenvalue weighted by atomic mass is 16.5. The van der Waals surface area contributed by atoms with Crippen molar-refractivity contribution in [3.8, 4) is 0 Å². The Kier molecular flexibility index (Phi) is 3.82. The summed E-state index contributed by atoms with van der Waals surface area (Å²) in [7, 11) is 0. The van der Waals surface area contributed by atoms with Crippen molar-refractivity contribution in [3.05, 3.63) is 0 Å². The van der Waals surface area contributed by atoms with E-state index in [-0.39, 0.29) is 0 Å². The van der Waals surface area contributed by atoms with Gasteiger partial charge in [-0.2, -0.15) is 0 Å². The van der Waals surface area contributed by atoms with Crippen molar-refractivity contribution < 1.29 is 4.74 Å². The molecule has 0 saturated heterocycles. The first-order valence-corrected chi connectivity index (χ1v) is 6.27. The van der Waals surface area contributed by atoms with E-state index in [1.54, 1.807) is 0 Å². The zero-order chi connectivity index (χ0) is 9.80. The quantitative estimate of drug-likeness (QED) is 0.706. The van der Waals surface area contributed by atoms with Crippen LogP contribution in [0.15, 0.2) is 0 Å². The van der Waals surface area contributed by atoms with E-state index in [1.165, 1.54) is 38.5 Å². The van der Waals surface area contributed by atoms with E-state index in [0.29, 0.717) is 12.2 Å². The average molecular weight is 197 g/mol. The summed E-state index contributed by atoms with van der Waals surface area (Å²) in [6.07, 6.45) is 10.3. The fraction of sp³-hybridized carbons (Fsp3) is 1.00. The SMILES string of the molecule is CCC(CNC1CC1)OC1CCCC1. The largest absolute Gasteiger partial charge is 0.374 e. The summed E-state index contributed by atoms with van der Waals surface area (Å²) in [4.78, 5) is 0. The molecule has 14 heavy (non-hydrogen) atoms. The molecule has 2 heteroatoms. The number of nitrogens with one attached hydrogen (secondary N) is 1. The Morgan fingerprint density at radius 2 is 1.93 bits per heavy atom. The summed E-state index contributed by atoms with van der Waals surface area (Å²) in [6, 6.07) is 0.816. The number of rotatable bonds is 6. The van der Waals surface area contributed by atoms with Gasteiger partial charge in [0.15, 0.2) is 0 Å². The van der Waals surface area contributed by atoms with Crippen LogP contribution in [0, 0.1) is 0 Å². The summed E-state index contributed by atoms with van der Waals surface area (Å²) in [5.74, 6) is 0. The van der Waals surface area contributed by atoms with Crippen LogP contribution in [0.5, 0.6) is 0 Å². The summed E-state index contributed by atoms with van der Waals surface area (Å²) < 4.78 is 6.08. The number of hydrogen-bond acceptors (Lipinski definition) is 2. The minimum atomic E-state index is 0.457. The molecule has 0 aromatic rings. The van der Waals surface area contributed by atoms with Gasteiger partial charge in [-0.3, -0.25) is 0 Å². The molecule has 0 aromatic carbocycles. The van der Waals surface area contributed by atoms with Crippen molar-refractivity contribution in [1.29, 1.82) is 0 Å². The molecule has 0 amide bonds. The van der Waals surface area contributed by atoms with Gasteiger partial charge in [0.2, 0.25) is 0 Å². The number of ether oxygens (including phenoxy) is 1. The first-order chi connectivity index (χ1) is 6.88. The summed E-state index contributed by atoms with van der Waals surface area (Å²) in [5, 5.41) is 3.56. The third-order valence-corrected chi connectivity index (χ3v) is 3.35. The van der Waals surface area contributed by atoms with E-state index in [9.17, 15) is 0 Å². The van der Waals surface area contributed by atoms with Crippen LogP contribution in [0.1, 0.15) is 51.9 Å². The van der Waals surface area contributed by atoms with Crippen molar-refractivity contribution in [2.24, 2.45) is 0 Å². The lowest BCUT2D eigenvalue weighted by atomic mass is 10.2. The second-order valence-electron chi connectivity index (χ2n) is 4.76. The molecule has 2 fully saturated rings. The van der Waals surface area contributed by atoms with Gasteiger partial charge in [0, 0.05) is 12.6 Å². The fourth-order valence-corrected chi connectivity index (χ4v) is 2.17. The summed E-state index contributed by atoms with van der Waals surface area (Å²) in [6.45, 7) is 3.30. The zero-order valence-corrected chi connectivity index (χ0v) is 9.30. The molecule has 2 saturated carbocycles. The minimum absolute atomic E-state index is 0.457. The van der Waals surface area contributed by atoms with Crippen LogP contribution in [-0.2, 0) is 4.74 Å². The standard InChI is InChI=1S/C12H23NO/c1-2-11(9-13-10-7-8-10)14-12-5-3-4-6-12/h10-13H,2-9H2,1H3. The lowest BCUT2D eigenvalue weighted by Crippen LogP contribution is -2.32. The molecule has 1 unspecified atom stereocenters. The third-order valence-electron chi connectivity index (χ3n) is 3.35. The Morgan fingerprint density at radius 3 is 2.50 bits per heavy atom. The highest BCUT2D eigenvalue weighted by Crippen LogP contribution is 2.23. The van der Waals surface area contributed by atoms with Gasteiger partial charge >= 0.3 is 0 Å². The van der Waals surface area contributed by atoms with E-state index < -0.39 is 0 Å². The van der Waals surface area contributed by atoms with Crippen molar-refractivity contribution in [1.82, 2.24) is 5.32 Å². The normalized spacial score (nSPS) is 25.5. The fourth-order valence-electron chi connectivity index (χ4n) is 2.17. The van der Waals surface area contributed by atoms with Crippen LogP contribution in [-0.4, -0.2) is 24.8 Å². The Hall–Kier alpha value is -0.0800. The molecule has 82 valence electrons. The van der Waals surface area contributed by atoms with Gasteiger partial charge in [-0.1, -0.05) is 19.8 Å². The molecule has 2 rings (SSSR count). The van der Waals surface area contributed by atoms with Crippen molar-refractivity contribution >= 4 is 0 Å². The smallest absolute Gasteiger partial charge is 0.0700 e. The van der Waals surface area contributed by atoms with Crippen LogP contribution in [0.25, 0.3) is 0 Å². The molecule has 1 atom stereocenters. The second-order valence-corrected chi connectivity index (χ2v) is 4.76. The molecule has 2 nitrogen and oxygen atoms in total. The van der Waals surface area contributed by atoms with Crippen LogP contribution in [0.2, 0.25) is 0 Å². The van der Waals surface area contributed by atoms with Crippen LogP contribution in [0.4, 0.5) is 0 Å². The Bertz CT molecular complexity index is 162. The molecule has 0 aliphatic heterocycles. The Balaban J connectivity index is 1.62. The van der Waals surface area contributed by atoms with Crippen molar-refractivity contribution in [2.75, 3.05) is 6.54 Å². The van der Waals surface area contributed by atoms with Gasteiger partial charge in [0.1, 0.15) is 0 Å². The monoisotopic (exact) mass is 197 g/mol. The molecule has 0 heterocycles. The zero-order valence-electron chi connectivity index (χ0n) is 9.30. The maximum Gasteiger partial charge on any atom is 0.0700 e. The minimum Gasteiger partial charge on any atom is -0.374 e. The van der Waals surface area contributed by atoms with Crippen molar-refractivity contribution in [2.45, 2.75) is 70.1 Å². The Morgan fingerprint density at radius 1 is 1.21 bits per heavy atom. The van der Waals surface area contributed by atoms with Gasteiger partial charge in [-0.05, 0) is 32.1 Å². The van der Waals surface area contributed by atoms with Gasteiger partial charge in [0.05, 0.1) is 12.2 Å². The second kappa shape index (κ2) is 5.13. The predicted molar refractivity (Wildman–Crippen MR) is 58.4 cm³/mol. The summed E-state index contributed by atoms with van der Waals surface area (Å²) >= 11 is 0. The van der Waals surface area contributed by atoms with E-state index in [1.807, 2.05) is 0 Å². The van der Waals surface area contributed by atoms with Crippen molar-refractivity contribution in [3.63, 3.8) is 0 Å². The van der Waals surface area contributed by atoms with Gasteiger partial charge < -0.3 is 10.1 Å². The average Bonchev–Trinajstić information content (AvgIpc) is 2.90. The maximum atomic E-state index is 6.08. The molecule has 0 spiro atoms. The Labute approximate surface area is 87.4 Å². The maximum absolute atomic E-state index is 6.08. The topological polar surface area (TPSA) is 21.3 Å². The first-order valence-electron chi connectivity index (χ1n) is 6.27. The van der Waals surface area contributed by atoms with E-state index >= 15 is 0 Å². The molecular formula is C12H23NO. The van der Waals surface area contributed by atoms with Gasteiger partial charge in [-0.25, -0.2) is 0 Å². The first kappa shape index (κ1) is 10.4. The molecule has 0 bridgehead atoms. The molecule has 2 aliphatic rings. The van der Waals surface area contributed by atoms with E-state index in [0.717, 1.165) is 19.0 Å². The van der Waals surface area contributed by atoms with Gasteiger partial charge in [0.25, 0.3) is 0 Å². The predicted octanol–water partition coefficient (Wildman–Crippen LogP) is 2.48. The van der Waals surface area contributed by atoms with Gasteiger partial charge in [-0.15, -0.1) is 0 Å². The highest BCUT2D eigenvalue weighted by Gasteiger charge is 2.23. The third kappa shape index (κ3) is 3.25. The van der Waals surface area contributed by atoms with Crippen LogP contribution in [0.3, 0.4) is 0 Å². The summed E-state index contributed by atoms with van der Waals surface area (Å²) in [5.41, 5.74) is 0. The highest BCUT2D eigenvalue weighted by molar-refractivity contribution is 4.82.